The molecule has 4 rings (SSSR count). The van der Waals surface area contributed by atoms with Crippen molar-refractivity contribution in [3.63, 3.8) is 0 Å². The minimum atomic E-state index is -0.512. The first-order chi connectivity index (χ1) is 12.6. The van der Waals surface area contributed by atoms with Crippen molar-refractivity contribution in [3.05, 3.63) is 64.7 Å². The second kappa shape index (κ2) is 6.29. The van der Waals surface area contributed by atoms with Crippen LogP contribution in [0.5, 0.6) is 0 Å². The van der Waals surface area contributed by atoms with E-state index in [1.807, 2.05) is 18.2 Å². The lowest BCUT2D eigenvalue weighted by Crippen LogP contribution is -2.42. The van der Waals surface area contributed by atoms with Gasteiger partial charge < -0.3 is 11.1 Å². The molecule has 1 aliphatic heterocycles. The molecular formula is C20H19N3O3. The van der Waals surface area contributed by atoms with Gasteiger partial charge in [-0.25, -0.2) is 0 Å². The first kappa shape index (κ1) is 16.3. The van der Waals surface area contributed by atoms with E-state index in [1.54, 1.807) is 18.2 Å². The summed E-state index contributed by atoms with van der Waals surface area (Å²) in [5, 5.41) is 2.97. The fourth-order valence-corrected chi connectivity index (χ4v) is 3.79. The monoisotopic (exact) mass is 349 g/mol. The summed E-state index contributed by atoms with van der Waals surface area (Å²) in [7, 11) is 0. The Hall–Kier alpha value is -3.15. The van der Waals surface area contributed by atoms with Gasteiger partial charge in [-0.1, -0.05) is 30.3 Å². The van der Waals surface area contributed by atoms with Gasteiger partial charge in [-0.05, 0) is 42.5 Å². The van der Waals surface area contributed by atoms with Gasteiger partial charge in [-0.15, -0.1) is 0 Å². The van der Waals surface area contributed by atoms with E-state index in [9.17, 15) is 14.4 Å². The second-order valence-corrected chi connectivity index (χ2v) is 6.68. The van der Waals surface area contributed by atoms with Crippen LogP contribution in [-0.4, -0.2) is 29.2 Å². The maximum Gasteiger partial charge on any atom is 0.264 e. The number of imide groups is 1. The molecule has 1 atom stereocenters. The summed E-state index contributed by atoms with van der Waals surface area (Å²) >= 11 is 0. The molecule has 0 unspecified atom stereocenters. The van der Waals surface area contributed by atoms with Crippen molar-refractivity contribution < 1.29 is 14.4 Å². The summed E-state index contributed by atoms with van der Waals surface area (Å²) in [5.41, 5.74) is 8.86. The average molecular weight is 349 g/mol. The summed E-state index contributed by atoms with van der Waals surface area (Å²) in [4.78, 5) is 38.4. The van der Waals surface area contributed by atoms with Crippen LogP contribution in [0.2, 0.25) is 0 Å². The van der Waals surface area contributed by atoms with Crippen LogP contribution in [0.1, 0.15) is 50.7 Å². The Morgan fingerprint density at radius 2 is 1.92 bits per heavy atom. The Balaban J connectivity index is 1.49. The van der Waals surface area contributed by atoms with Gasteiger partial charge in [0, 0.05) is 5.69 Å². The molecule has 6 heteroatoms. The summed E-state index contributed by atoms with van der Waals surface area (Å²) in [5.74, 6) is -1.33. The SMILES string of the molecule is Nc1cccc2c1C(=O)N(CC(=O)N[C@H]1CCCc3ccccc31)C2=O. The Bertz CT molecular complexity index is 922. The quantitative estimate of drug-likeness (QED) is 0.655. The van der Waals surface area contributed by atoms with Gasteiger partial charge >= 0.3 is 0 Å². The Kier molecular flexibility index (Phi) is 3.95. The molecule has 132 valence electrons. The molecule has 3 amide bonds. The molecule has 0 fully saturated rings. The summed E-state index contributed by atoms with van der Waals surface area (Å²) < 4.78 is 0. The molecule has 2 aromatic carbocycles. The molecule has 6 nitrogen and oxygen atoms in total. The lowest BCUT2D eigenvalue weighted by atomic mass is 9.88. The highest BCUT2D eigenvalue weighted by atomic mass is 16.2. The highest BCUT2D eigenvalue weighted by molar-refractivity contribution is 6.24. The molecule has 26 heavy (non-hydrogen) atoms. The number of carbonyl (C=O) groups is 3. The molecule has 0 saturated heterocycles. The van der Waals surface area contributed by atoms with Crippen molar-refractivity contribution in [3.8, 4) is 0 Å². The largest absolute Gasteiger partial charge is 0.398 e. The van der Waals surface area contributed by atoms with Crippen LogP contribution in [0.15, 0.2) is 42.5 Å². The molecule has 2 aromatic rings. The Morgan fingerprint density at radius 1 is 1.12 bits per heavy atom. The lowest BCUT2D eigenvalue weighted by molar-refractivity contribution is -0.122. The van der Waals surface area contributed by atoms with E-state index in [0.29, 0.717) is 0 Å². The van der Waals surface area contributed by atoms with E-state index in [4.69, 9.17) is 5.73 Å². The standard InChI is InChI=1S/C20H19N3O3/c21-15-9-4-8-14-18(15)20(26)23(19(14)25)11-17(24)22-16-10-3-6-12-5-1-2-7-13(12)16/h1-2,4-5,7-9,16H,3,6,10-11,21H2,(H,22,24)/t16-/m0/s1. The predicted octanol–water partition coefficient (Wildman–Crippen LogP) is 2.06. The fraction of sp³-hybridized carbons (Fsp3) is 0.250. The minimum Gasteiger partial charge on any atom is -0.398 e. The number of anilines is 1. The number of rotatable bonds is 3. The van der Waals surface area contributed by atoms with E-state index >= 15 is 0 Å². The third-order valence-corrected chi connectivity index (χ3v) is 5.04. The zero-order valence-electron chi connectivity index (χ0n) is 14.2. The third-order valence-electron chi connectivity index (χ3n) is 5.04. The molecule has 0 aromatic heterocycles. The predicted molar refractivity (Wildman–Crippen MR) is 96.5 cm³/mol. The van der Waals surface area contributed by atoms with Gasteiger partial charge in [0.25, 0.3) is 11.8 Å². The summed E-state index contributed by atoms with van der Waals surface area (Å²) in [6.45, 7) is -0.301. The van der Waals surface area contributed by atoms with Crippen molar-refractivity contribution in [2.24, 2.45) is 0 Å². The van der Waals surface area contributed by atoms with E-state index in [2.05, 4.69) is 11.4 Å². The Morgan fingerprint density at radius 3 is 2.73 bits per heavy atom. The number of nitrogens with one attached hydrogen (secondary N) is 1. The van der Waals surface area contributed by atoms with Gasteiger partial charge in [-0.2, -0.15) is 0 Å². The maximum absolute atomic E-state index is 12.5. The molecule has 0 bridgehead atoms. The van der Waals surface area contributed by atoms with Crippen LogP contribution in [-0.2, 0) is 11.2 Å². The van der Waals surface area contributed by atoms with Gasteiger partial charge in [0.1, 0.15) is 6.54 Å². The average Bonchev–Trinajstić information content (AvgIpc) is 2.88. The van der Waals surface area contributed by atoms with Crippen molar-refractivity contribution in [1.82, 2.24) is 10.2 Å². The number of hydrogen-bond acceptors (Lipinski definition) is 4. The third kappa shape index (κ3) is 2.63. The normalized spacial score (nSPS) is 18.5. The van der Waals surface area contributed by atoms with E-state index < -0.39 is 11.8 Å². The van der Waals surface area contributed by atoms with E-state index in [-0.39, 0.29) is 35.3 Å². The smallest absolute Gasteiger partial charge is 0.264 e. The van der Waals surface area contributed by atoms with Crippen LogP contribution in [0.25, 0.3) is 0 Å². The van der Waals surface area contributed by atoms with Crippen LogP contribution in [0, 0.1) is 0 Å². The van der Waals surface area contributed by atoms with Crippen molar-refractivity contribution >= 4 is 23.4 Å². The van der Waals surface area contributed by atoms with E-state index in [0.717, 1.165) is 29.7 Å². The zero-order valence-corrected chi connectivity index (χ0v) is 14.2. The molecule has 1 aliphatic carbocycles. The van der Waals surface area contributed by atoms with Crippen molar-refractivity contribution in [1.29, 1.82) is 0 Å². The number of nitrogen functional groups attached to an aromatic ring is 1. The van der Waals surface area contributed by atoms with Gasteiger partial charge in [0.15, 0.2) is 0 Å². The number of fused-ring (bicyclic) bond motifs is 2. The van der Waals surface area contributed by atoms with Crippen LogP contribution < -0.4 is 11.1 Å². The van der Waals surface area contributed by atoms with Crippen molar-refractivity contribution in [2.75, 3.05) is 12.3 Å². The maximum atomic E-state index is 12.5. The molecule has 1 heterocycles. The fourth-order valence-electron chi connectivity index (χ4n) is 3.79. The number of amides is 3. The number of carbonyl (C=O) groups excluding carboxylic acids is 3. The molecular weight excluding hydrogens is 330 g/mol. The van der Waals surface area contributed by atoms with E-state index in [1.165, 1.54) is 5.56 Å². The zero-order chi connectivity index (χ0) is 18.3. The molecule has 0 spiro atoms. The number of benzene rings is 2. The van der Waals surface area contributed by atoms with Crippen LogP contribution in [0.3, 0.4) is 0 Å². The number of nitrogens with zero attached hydrogens (tertiary/aromatic N) is 1. The number of aryl methyl sites for hydroxylation is 1. The topological polar surface area (TPSA) is 92.5 Å². The number of nitrogens with two attached hydrogens (primary N) is 1. The molecule has 3 N–H and O–H groups in total. The van der Waals surface area contributed by atoms with Gasteiger partial charge in [0.05, 0.1) is 17.2 Å². The molecule has 0 radical (unpaired) electrons. The Labute approximate surface area is 151 Å². The summed E-state index contributed by atoms with van der Waals surface area (Å²) in [6.07, 6.45) is 2.84. The second-order valence-electron chi connectivity index (χ2n) is 6.68. The molecule has 2 aliphatic rings. The lowest BCUT2D eigenvalue weighted by Gasteiger charge is -2.27. The van der Waals surface area contributed by atoms with Crippen LogP contribution >= 0.6 is 0 Å². The summed E-state index contributed by atoms with van der Waals surface area (Å²) in [6, 6.07) is 12.7. The molecule has 0 saturated carbocycles. The number of hydrogen-bond donors (Lipinski definition) is 2. The highest BCUT2D eigenvalue weighted by Crippen LogP contribution is 2.30. The van der Waals surface area contributed by atoms with Crippen LogP contribution in [0.4, 0.5) is 5.69 Å². The first-order valence-electron chi connectivity index (χ1n) is 8.68. The van der Waals surface area contributed by atoms with Gasteiger partial charge in [-0.3, -0.25) is 19.3 Å². The highest BCUT2D eigenvalue weighted by Gasteiger charge is 2.38. The van der Waals surface area contributed by atoms with Crippen molar-refractivity contribution in [2.45, 2.75) is 25.3 Å². The first-order valence-corrected chi connectivity index (χ1v) is 8.68. The minimum absolute atomic E-state index is 0.0901. The van der Waals surface area contributed by atoms with Gasteiger partial charge in [0.2, 0.25) is 5.91 Å².